The SMILES string of the molecule is O=C(O)C(O)[C@@H](O)[C@@H](O[C@@H]1OC(CO)[C@H](O)[C@H](O)C1O)C(O)CO. The minimum absolute atomic E-state index is 0.766. The summed E-state index contributed by atoms with van der Waals surface area (Å²) in [6.45, 7) is -1.76. The van der Waals surface area contributed by atoms with Crippen LogP contribution in [0.15, 0.2) is 0 Å². The second-order valence-electron chi connectivity index (χ2n) is 5.32. The molecule has 0 radical (unpaired) electrons. The highest BCUT2D eigenvalue weighted by atomic mass is 16.7. The van der Waals surface area contributed by atoms with E-state index in [0.29, 0.717) is 0 Å². The second kappa shape index (κ2) is 8.96. The van der Waals surface area contributed by atoms with Gasteiger partial charge in [0.15, 0.2) is 12.4 Å². The lowest BCUT2D eigenvalue weighted by atomic mass is 9.98. The van der Waals surface area contributed by atoms with Crippen molar-refractivity contribution in [1.82, 2.24) is 0 Å². The standard InChI is InChI=1S/C12H22O12/c13-1-3(15)10(7(18)8(19)11(21)22)24-12-9(20)6(17)5(16)4(2-14)23-12/h3-10,12-20H,1-2H2,(H,21,22)/t3?,4?,5-,6-,7+,8?,9?,10-,12-/m0/s1. The highest BCUT2D eigenvalue weighted by Gasteiger charge is 2.47. The maximum Gasteiger partial charge on any atom is 0.335 e. The molecule has 1 fully saturated rings. The van der Waals surface area contributed by atoms with Crippen molar-refractivity contribution in [3.63, 3.8) is 0 Å². The fourth-order valence-corrected chi connectivity index (χ4v) is 2.16. The summed E-state index contributed by atoms with van der Waals surface area (Å²) in [5, 5.41) is 84.5. The molecule has 9 atom stereocenters. The van der Waals surface area contributed by atoms with E-state index in [9.17, 15) is 35.4 Å². The zero-order chi connectivity index (χ0) is 18.6. The molecule has 1 aliphatic heterocycles. The molecular weight excluding hydrogens is 336 g/mol. The average molecular weight is 358 g/mol. The molecule has 1 aliphatic rings. The van der Waals surface area contributed by atoms with Gasteiger partial charge in [0.2, 0.25) is 0 Å². The molecule has 0 aromatic carbocycles. The van der Waals surface area contributed by atoms with Crippen LogP contribution in [0.25, 0.3) is 0 Å². The van der Waals surface area contributed by atoms with Crippen LogP contribution in [0, 0.1) is 0 Å². The Labute approximate surface area is 135 Å². The Morgan fingerprint density at radius 1 is 1.04 bits per heavy atom. The molecule has 0 aliphatic carbocycles. The van der Waals surface area contributed by atoms with Crippen molar-refractivity contribution >= 4 is 5.97 Å². The Morgan fingerprint density at radius 3 is 2.08 bits per heavy atom. The number of rotatable bonds is 8. The summed E-state index contributed by atoms with van der Waals surface area (Å²) in [5.41, 5.74) is 0. The number of hydrogen-bond acceptors (Lipinski definition) is 11. The van der Waals surface area contributed by atoms with E-state index in [-0.39, 0.29) is 0 Å². The summed E-state index contributed by atoms with van der Waals surface area (Å²) in [7, 11) is 0. The summed E-state index contributed by atoms with van der Waals surface area (Å²) in [5.74, 6) is -1.84. The third-order valence-corrected chi connectivity index (χ3v) is 3.62. The fourth-order valence-electron chi connectivity index (χ4n) is 2.16. The lowest BCUT2D eigenvalue weighted by Crippen LogP contribution is -2.61. The molecule has 12 nitrogen and oxygen atoms in total. The van der Waals surface area contributed by atoms with Gasteiger partial charge in [0, 0.05) is 0 Å². The second-order valence-corrected chi connectivity index (χ2v) is 5.32. The van der Waals surface area contributed by atoms with Crippen LogP contribution in [-0.4, -0.2) is 120 Å². The van der Waals surface area contributed by atoms with Gasteiger partial charge in [0.05, 0.1) is 13.2 Å². The van der Waals surface area contributed by atoms with Crippen molar-refractivity contribution in [2.24, 2.45) is 0 Å². The molecule has 1 saturated heterocycles. The van der Waals surface area contributed by atoms with Crippen molar-refractivity contribution in [3.8, 4) is 0 Å². The van der Waals surface area contributed by atoms with E-state index >= 15 is 0 Å². The minimum atomic E-state index is -2.39. The number of carboxylic acids is 1. The molecule has 9 N–H and O–H groups in total. The van der Waals surface area contributed by atoms with Crippen LogP contribution < -0.4 is 0 Å². The first-order chi connectivity index (χ1) is 11.1. The van der Waals surface area contributed by atoms with Crippen molar-refractivity contribution in [1.29, 1.82) is 0 Å². The monoisotopic (exact) mass is 358 g/mol. The molecule has 0 spiro atoms. The van der Waals surface area contributed by atoms with Gasteiger partial charge in [-0.1, -0.05) is 0 Å². The average Bonchev–Trinajstić information content (AvgIpc) is 2.57. The largest absolute Gasteiger partial charge is 0.479 e. The van der Waals surface area contributed by atoms with Gasteiger partial charge in [-0.3, -0.25) is 0 Å². The Balaban J connectivity index is 2.94. The number of aliphatic carboxylic acids is 1. The summed E-state index contributed by atoms with van der Waals surface area (Å²) in [4.78, 5) is 10.7. The maximum atomic E-state index is 10.7. The predicted octanol–water partition coefficient (Wildman–Crippen LogP) is -5.67. The summed E-state index contributed by atoms with van der Waals surface area (Å²) in [6, 6.07) is 0. The van der Waals surface area contributed by atoms with Gasteiger partial charge in [-0.2, -0.15) is 0 Å². The van der Waals surface area contributed by atoms with Crippen LogP contribution in [0.4, 0.5) is 0 Å². The van der Waals surface area contributed by atoms with Gasteiger partial charge in [0.1, 0.15) is 42.7 Å². The zero-order valence-corrected chi connectivity index (χ0v) is 12.4. The molecule has 0 amide bonds. The van der Waals surface area contributed by atoms with Crippen LogP contribution >= 0.6 is 0 Å². The Kier molecular flexibility index (Phi) is 7.88. The van der Waals surface area contributed by atoms with Gasteiger partial charge in [-0.05, 0) is 0 Å². The predicted molar refractivity (Wildman–Crippen MR) is 71.4 cm³/mol. The van der Waals surface area contributed by atoms with Crippen molar-refractivity contribution in [2.75, 3.05) is 13.2 Å². The van der Waals surface area contributed by atoms with Gasteiger partial charge in [0.25, 0.3) is 0 Å². The highest BCUT2D eigenvalue weighted by molar-refractivity contribution is 5.72. The van der Waals surface area contributed by atoms with Gasteiger partial charge < -0.3 is 55.4 Å². The van der Waals surface area contributed by atoms with Gasteiger partial charge >= 0.3 is 5.97 Å². The smallest absolute Gasteiger partial charge is 0.335 e. The van der Waals surface area contributed by atoms with E-state index in [1.807, 2.05) is 0 Å². The van der Waals surface area contributed by atoms with Crippen LogP contribution in [0.2, 0.25) is 0 Å². The first-order valence-corrected chi connectivity index (χ1v) is 6.99. The lowest BCUT2D eigenvalue weighted by molar-refractivity contribution is -0.326. The first-order valence-electron chi connectivity index (χ1n) is 6.99. The maximum absolute atomic E-state index is 10.7. The molecule has 1 rings (SSSR count). The quantitative estimate of drug-likeness (QED) is 0.198. The van der Waals surface area contributed by atoms with Crippen molar-refractivity contribution < 1.29 is 60.2 Å². The van der Waals surface area contributed by atoms with Crippen molar-refractivity contribution in [3.05, 3.63) is 0 Å². The zero-order valence-electron chi connectivity index (χ0n) is 12.4. The molecule has 0 aromatic rings. The number of aliphatic hydroxyl groups excluding tert-OH is 8. The van der Waals surface area contributed by atoms with Gasteiger partial charge in [-0.15, -0.1) is 0 Å². The molecule has 24 heavy (non-hydrogen) atoms. The molecular formula is C12H22O12. The van der Waals surface area contributed by atoms with E-state index in [1.165, 1.54) is 0 Å². The summed E-state index contributed by atoms with van der Waals surface area (Å²) in [6.07, 6.45) is -16.9. The van der Waals surface area contributed by atoms with Crippen LogP contribution in [0.5, 0.6) is 0 Å². The highest BCUT2D eigenvalue weighted by Crippen LogP contribution is 2.24. The summed E-state index contributed by atoms with van der Waals surface area (Å²) < 4.78 is 9.98. The molecule has 0 aromatic heterocycles. The van der Waals surface area contributed by atoms with Gasteiger partial charge in [-0.25, -0.2) is 4.79 Å². The van der Waals surface area contributed by atoms with Crippen molar-refractivity contribution in [2.45, 2.75) is 55.1 Å². The summed E-state index contributed by atoms with van der Waals surface area (Å²) >= 11 is 0. The number of ether oxygens (including phenoxy) is 2. The Bertz CT molecular complexity index is 403. The molecule has 12 heteroatoms. The van der Waals surface area contributed by atoms with E-state index in [2.05, 4.69) is 0 Å². The topological polar surface area (TPSA) is 218 Å². The third-order valence-electron chi connectivity index (χ3n) is 3.62. The van der Waals surface area contributed by atoms with E-state index in [0.717, 1.165) is 0 Å². The number of carboxylic acid groups (broad SMARTS) is 1. The minimum Gasteiger partial charge on any atom is -0.479 e. The number of hydrogen-bond donors (Lipinski definition) is 9. The molecule has 4 unspecified atom stereocenters. The molecule has 0 bridgehead atoms. The molecule has 142 valence electrons. The normalized spacial score (nSPS) is 35.9. The third kappa shape index (κ3) is 4.58. The van der Waals surface area contributed by atoms with E-state index < -0.39 is 74.3 Å². The van der Waals surface area contributed by atoms with E-state index in [4.69, 9.17) is 24.8 Å². The van der Waals surface area contributed by atoms with Crippen LogP contribution in [0.3, 0.4) is 0 Å². The van der Waals surface area contributed by atoms with E-state index in [1.54, 1.807) is 0 Å². The van der Waals surface area contributed by atoms with Crippen LogP contribution in [-0.2, 0) is 14.3 Å². The Morgan fingerprint density at radius 2 is 1.62 bits per heavy atom. The number of aliphatic hydroxyl groups is 8. The molecule has 0 saturated carbocycles. The fraction of sp³-hybridized carbons (Fsp3) is 0.917. The lowest BCUT2D eigenvalue weighted by Gasteiger charge is -2.42. The number of carbonyl (C=O) groups is 1. The molecule has 1 heterocycles. The first kappa shape index (κ1) is 21.1. The van der Waals surface area contributed by atoms with Crippen LogP contribution in [0.1, 0.15) is 0 Å². The Hall–Kier alpha value is -0.930.